The number of nitrogen functional groups attached to an aromatic ring is 1. The molecule has 1 aliphatic heterocycles. The monoisotopic (exact) mass is 363 g/mol. The molecule has 9 nitrogen and oxygen atoms in total. The van der Waals surface area contributed by atoms with Gasteiger partial charge in [-0.25, -0.2) is 9.59 Å². The Hall–Kier alpha value is -2.11. The SMILES string of the molecule is CC(C)(C)OC(=O)[C@@]1(n2ccc(N)nc2=O)O[C@H](CO)[C@@H](O)C1(F)F. The minimum Gasteiger partial charge on any atom is -0.456 e. The van der Waals surface area contributed by atoms with Crippen LogP contribution in [-0.2, 0) is 20.0 Å². The van der Waals surface area contributed by atoms with E-state index in [1.165, 1.54) is 20.8 Å². The highest BCUT2D eigenvalue weighted by atomic mass is 19.3. The molecule has 11 heteroatoms. The highest BCUT2D eigenvalue weighted by Gasteiger charge is 2.75. The molecular formula is C14H19F2N3O6. The summed E-state index contributed by atoms with van der Waals surface area (Å²) >= 11 is 0. The molecule has 0 amide bonds. The number of halogens is 2. The van der Waals surface area contributed by atoms with Gasteiger partial charge in [0.25, 0.3) is 0 Å². The van der Waals surface area contributed by atoms with Gasteiger partial charge >= 0.3 is 23.3 Å². The summed E-state index contributed by atoms with van der Waals surface area (Å²) in [7, 11) is 0. The number of aliphatic hydroxyl groups is 2. The van der Waals surface area contributed by atoms with E-state index in [1.54, 1.807) is 0 Å². The topological polar surface area (TPSA) is 137 Å². The Kier molecular flexibility index (Phi) is 4.61. The summed E-state index contributed by atoms with van der Waals surface area (Å²) in [5.41, 5.74) is -0.512. The predicted octanol–water partition coefficient (Wildman–Crippen LogP) is -0.793. The molecule has 2 heterocycles. The fraction of sp³-hybridized carbons (Fsp3) is 0.643. The molecule has 1 aromatic rings. The van der Waals surface area contributed by atoms with Crippen molar-refractivity contribution in [2.75, 3.05) is 12.3 Å². The Bertz CT molecular complexity index is 732. The van der Waals surface area contributed by atoms with E-state index in [0.29, 0.717) is 0 Å². The zero-order chi connectivity index (χ0) is 19.2. The third kappa shape index (κ3) is 2.98. The van der Waals surface area contributed by atoms with Gasteiger partial charge in [-0.3, -0.25) is 4.57 Å². The first-order valence-electron chi connectivity index (χ1n) is 7.30. The number of nitrogens with two attached hydrogens (primary N) is 1. The number of aliphatic hydroxyl groups excluding tert-OH is 2. The molecule has 140 valence electrons. The van der Waals surface area contributed by atoms with Crippen molar-refractivity contribution in [1.29, 1.82) is 0 Å². The van der Waals surface area contributed by atoms with E-state index in [1.807, 2.05) is 0 Å². The molecule has 0 radical (unpaired) electrons. The second-order valence-electron chi connectivity index (χ2n) is 6.56. The number of carbonyl (C=O) groups excluding carboxylic acids is 1. The Balaban J connectivity index is 2.73. The third-order valence-corrected chi connectivity index (χ3v) is 3.52. The Morgan fingerprint density at radius 1 is 1.52 bits per heavy atom. The van der Waals surface area contributed by atoms with E-state index in [0.717, 1.165) is 12.3 Å². The molecular weight excluding hydrogens is 344 g/mol. The summed E-state index contributed by atoms with van der Waals surface area (Å²) in [6.07, 6.45) is -3.60. The van der Waals surface area contributed by atoms with E-state index in [2.05, 4.69) is 4.98 Å². The summed E-state index contributed by atoms with van der Waals surface area (Å²) < 4.78 is 40.0. The number of aromatic nitrogens is 2. The van der Waals surface area contributed by atoms with Crippen molar-refractivity contribution < 1.29 is 33.3 Å². The van der Waals surface area contributed by atoms with Crippen LogP contribution in [0.5, 0.6) is 0 Å². The van der Waals surface area contributed by atoms with Gasteiger partial charge < -0.3 is 25.4 Å². The molecule has 25 heavy (non-hydrogen) atoms. The van der Waals surface area contributed by atoms with E-state index in [4.69, 9.17) is 15.2 Å². The van der Waals surface area contributed by atoms with E-state index in [-0.39, 0.29) is 10.4 Å². The smallest absolute Gasteiger partial charge is 0.367 e. The molecule has 0 unspecified atom stereocenters. The quantitative estimate of drug-likeness (QED) is 0.594. The molecule has 1 aromatic heterocycles. The van der Waals surface area contributed by atoms with E-state index >= 15 is 0 Å². The van der Waals surface area contributed by atoms with Crippen molar-refractivity contribution in [3.05, 3.63) is 22.7 Å². The lowest BCUT2D eigenvalue weighted by molar-refractivity contribution is -0.243. The molecule has 0 saturated carbocycles. The second kappa shape index (κ2) is 6.00. The molecule has 0 bridgehead atoms. The summed E-state index contributed by atoms with van der Waals surface area (Å²) in [5, 5.41) is 19.0. The molecule has 0 spiro atoms. The number of ether oxygens (including phenoxy) is 2. The minimum absolute atomic E-state index is 0.205. The largest absolute Gasteiger partial charge is 0.456 e. The van der Waals surface area contributed by atoms with Gasteiger partial charge in [-0.15, -0.1) is 0 Å². The maximum atomic E-state index is 14.9. The van der Waals surface area contributed by atoms with Crippen LogP contribution in [0.3, 0.4) is 0 Å². The van der Waals surface area contributed by atoms with Gasteiger partial charge in [0, 0.05) is 6.20 Å². The van der Waals surface area contributed by atoms with Gasteiger partial charge in [-0.1, -0.05) is 0 Å². The second-order valence-corrected chi connectivity index (χ2v) is 6.56. The van der Waals surface area contributed by atoms with Crippen molar-refractivity contribution >= 4 is 11.8 Å². The number of anilines is 1. The zero-order valence-corrected chi connectivity index (χ0v) is 13.8. The molecule has 4 N–H and O–H groups in total. The highest BCUT2D eigenvalue weighted by Crippen LogP contribution is 2.48. The number of hydrogen-bond acceptors (Lipinski definition) is 8. The molecule has 1 saturated heterocycles. The summed E-state index contributed by atoms with van der Waals surface area (Å²) in [6, 6.07) is 1.01. The minimum atomic E-state index is -4.30. The van der Waals surface area contributed by atoms with Crippen LogP contribution in [0, 0.1) is 0 Å². The fourth-order valence-corrected chi connectivity index (χ4v) is 2.44. The molecule has 0 aliphatic carbocycles. The van der Waals surface area contributed by atoms with Gasteiger partial charge in [0.2, 0.25) is 0 Å². The normalized spacial score (nSPS) is 28.8. The van der Waals surface area contributed by atoms with Crippen LogP contribution in [0.2, 0.25) is 0 Å². The van der Waals surface area contributed by atoms with Gasteiger partial charge in [0.05, 0.1) is 6.61 Å². The van der Waals surface area contributed by atoms with Crippen LogP contribution in [0.15, 0.2) is 17.1 Å². The maximum Gasteiger partial charge on any atom is 0.367 e. The zero-order valence-electron chi connectivity index (χ0n) is 13.8. The Morgan fingerprint density at radius 2 is 2.12 bits per heavy atom. The predicted molar refractivity (Wildman–Crippen MR) is 79.6 cm³/mol. The summed E-state index contributed by atoms with van der Waals surface area (Å²) in [5.74, 6) is -6.18. The van der Waals surface area contributed by atoms with Gasteiger partial charge in [0.1, 0.15) is 17.5 Å². The first kappa shape index (κ1) is 19.2. The van der Waals surface area contributed by atoms with Crippen LogP contribution in [0.1, 0.15) is 20.8 Å². The standard InChI is InChI=1S/C14H19F2N3O6/c1-12(2,3)25-10(22)14(19-5-4-8(17)18-11(19)23)13(15,16)9(21)7(6-20)24-14/h4-5,7,9,20-21H,6H2,1-3H3,(H2,17,18,23)/t7-,9-,14-/m1/s1. The molecule has 0 aromatic carbocycles. The first-order valence-corrected chi connectivity index (χ1v) is 7.30. The summed E-state index contributed by atoms with van der Waals surface area (Å²) in [4.78, 5) is 28.0. The van der Waals surface area contributed by atoms with Crippen LogP contribution in [-0.4, -0.2) is 56.1 Å². The van der Waals surface area contributed by atoms with Crippen molar-refractivity contribution in [2.24, 2.45) is 0 Å². The molecule has 2 rings (SSSR count). The van der Waals surface area contributed by atoms with Crippen molar-refractivity contribution in [2.45, 2.75) is 50.2 Å². The number of alkyl halides is 2. The van der Waals surface area contributed by atoms with Gasteiger partial charge in [-0.2, -0.15) is 13.8 Å². The third-order valence-electron chi connectivity index (χ3n) is 3.52. The van der Waals surface area contributed by atoms with Crippen molar-refractivity contribution in [3.63, 3.8) is 0 Å². The average molecular weight is 363 g/mol. The molecule has 1 fully saturated rings. The van der Waals surface area contributed by atoms with Gasteiger partial charge in [-0.05, 0) is 26.8 Å². The Labute approximate surface area is 141 Å². The molecule has 3 atom stereocenters. The number of rotatable bonds is 3. The number of esters is 1. The fourth-order valence-electron chi connectivity index (χ4n) is 2.44. The van der Waals surface area contributed by atoms with E-state index < -0.39 is 47.7 Å². The van der Waals surface area contributed by atoms with Gasteiger partial charge in [0.15, 0.2) is 6.10 Å². The lowest BCUT2D eigenvalue weighted by Crippen LogP contribution is -2.61. The number of hydrogen-bond donors (Lipinski definition) is 3. The summed E-state index contributed by atoms with van der Waals surface area (Å²) in [6.45, 7) is 3.26. The van der Waals surface area contributed by atoms with Crippen LogP contribution >= 0.6 is 0 Å². The molecule has 1 aliphatic rings. The van der Waals surface area contributed by atoms with Crippen LogP contribution < -0.4 is 11.4 Å². The van der Waals surface area contributed by atoms with Crippen LogP contribution in [0.25, 0.3) is 0 Å². The average Bonchev–Trinajstić information content (AvgIpc) is 2.66. The lowest BCUT2D eigenvalue weighted by Gasteiger charge is -2.35. The van der Waals surface area contributed by atoms with Crippen LogP contribution in [0.4, 0.5) is 14.6 Å². The van der Waals surface area contributed by atoms with E-state index in [9.17, 15) is 28.6 Å². The van der Waals surface area contributed by atoms with Crippen molar-refractivity contribution in [3.8, 4) is 0 Å². The highest BCUT2D eigenvalue weighted by molar-refractivity contribution is 5.80. The lowest BCUT2D eigenvalue weighted by atomic mass is 10.0. The number of nitrogens with zero attached hydrogens (tertiary/aromatic N) is 2. The van der Waals surface area contributed by atoms with Crippen molar-refractivity contribution in [1.82, 2.24) is 9.55 Å². The Morgan fingerprint density at radius 3 is 2.56 bits per heavy atom. The maximum absolute atomic E-state index is 14.9. The first-order chi connectivity index (χ1) is 11.4. The number of carbonyl (C=O) groups is 1.